The molecule has 1 amide bonds. The van der Waals surface area contributed by atoms with Gasteiger partial charge in [-0.25, -0.2) is 9.97 Å². The molecule has 3 aromatic heterocycles. The van der Waals surface area contributed by atoms with Gasteiger partial charge in [0, 0.05) is 25.4 Å². The van der Waals surface area contributed by atoms with E-state index in [-0.39, 0.29) is 11.6 Å². The standard InChI is InChI=1S/C22H24N6O2/c1-30-20-7-5-6-16(25-20)17-9-8-15(23)21(26-17)22(29)27-18-14-24-11-10-19(18)28-12-3-2-4-13-28/h5-11,14H,2-4,12-13,23H2,1H3,(H,27,29). The first-order valence-electron chi connectivity index (χ1n) is 9.94. The predicted molar refractivity (Wildman–Crippen MR) is 117 cm³/mol. The SMILES string of the molecule is COc1cccc(-c2ccc(N)c(C(=O)Nc3cnccc3N3CCCCC3)n2)n1. The van der Waals surface area contributed by atoms with E-state index in [2.05, 4.69) is 25.2 Å². The summed E-state index contributed by atoms with van der Waals surface area (Å²) in [5, 5.41) is 2.94. The van der Waals surface area contributed by atoms with Crippen LogP contribution in [-0.2, 0) is 0 Å². The summed E-state index contributed by atoms with van der Waals surface area (Å²) in [5.41, 5.74) is 9.25. The quantitative estimate of drug-likeness (QED) is 0.671. The lowest BCUT2D eigenvalue weighted by molar-refractivity contribution is 0.102. The molecule has 0 aromatic carbocycles. The number of hydrogen-bond acceptors (Lipinski definition) is 7. The van der Waals surface area contributed by atoms with Gasteiger partial charge in [-0.05, 0) is 43.5 Å². The Balaban J connectivity index is 1.61. The molecule has 30 heavy (non-hydrogen) atoms. The van der Waals surface area contributed by atoms with E-state index < -0.39 is 0 Å². The Bertz CT molecular complexity index is 1050. The second kappa shape index (κ2) is 8.77. The number of carbonyl (C=O) groups excluding carboxylic acids is 1. The summed E-state index contributed by atoms with van der Waals surface area (Å²) in [6, 6.07) is 10.7. The fraction of sp³-hybridized carbons (Fsp3) is 0.273. The van der Waals surface area contributed by atoms with Crippen LogP contribution in [-0.4, -0.2) is 41.1 Å². The molecule has 1 aliphatic heterocycles. The van der Waals surface area contributed by atoms with Gasteiger partial charge in [0.05, 0.1) is 41.8 Å². The number of anilines is 3. The summed E-state index contributed by atoms with van der Waals surface area (Å²) in [7, 11) is 1.55. The van der Waals surface area contributed by atoms with Gasteiger partial charge in [-0.3, -0.25) is 9.78 Å². The van der Waals surface area contributed by atoms with Crippen molar-refractivity contribution >= 4 is 23.0 Å². The van der Waals surface area contributed by atoms with Crippen LogP contribution in [0.2, 0.25) is 0 Å². The van der Waals surface area contributed by atoms with Crippen LogP contribution < -0.4 is 20.7 Å². The summed E-state index contributed by atoms with van der Waals surface area (Å²) >= 11 is 0. The van der Waals surface area contributed by atoms with Gasteiger partial charge in [0.1, 0.15) is 0 Å². The number of pyridine rings is 3. The van der Waals surface area contributed by atoms with Gasteiger partial charge in [-0.2, -0.15) is 0 Å². The van der Waals surface area contributed by atoms with E-state index in [4.69, 9.17) is 10.5 Å². The van der Waals surface area contributed by atoms with Crippen molar-refractivity contribution in [1.82, 2.24) is 15.0 Å². The van der Waals surface area contributed by atoms with Crippen molar-refractivity contribution in [3.8, 4) is 17.3 Å². The Morgan fingerprint density at radius 3 is 2.67 bits per heavy atom. The number of ether oxygens (including phenoxy) is 1. The number of nitrogens with one attached hydrogen (secondary N) is 1. The molecule has 0 spiro atoms. The van der Waals surface area contributed by atoms with Crippen molar-refractivity contribution in [2.75, 3.05) is 36.1 Å². The molecule has 0 saturated carbocycles. The fourth-order valence-electron chi connectivity index (χ4n) is 3.54. The minimum Gasteiger partial charge on any atom is -0.481 e. The molecule has 3 N–H and O–H groups in total. The molecule has 0 atom stereocenters. The summed E-state index contributed by atoms with van der Waals surface area (Å²) in [6.07, 6.45) is 6.90. The first-order valence-corrected chi connectivity index (χ1v) is 9.94. The van der Waals surface area contributed by atoms with Crippen molar-refractivity contribution in [2.45, 2.75) is 19.3 Å². The van der Waals surface area contributed by atoms with Crippen molar-refractivity contribution in [2.24, 2.45) is 0 Å². The highest BCUT2D eigenvalue weighted by atomic mass is 16.5. The van der Waals surface area contributed by atoms with E-state index in [9.17, 15) is 4.79 Å². The van der Waals surface area contributed by atoms with Gasteiger partial charge >= 0.3 is 0 Å². The largest absolute Gasteiger partial charge is 0.481 e. The van der Waals surface area contributed by atoms with E-state index in [0.29, 0.717) is 28.6 Å². The lowest BCUT2D eigenvalue weighted by Crippen LogP contribution is -2.30. The fourth-order valence-corrected chi connectivity index (χ4v) is 3.54. The van der Waals surface area contributed by atoms with Crippen molar-refractivity contribution in [1.29, 1.82) is 0 Å². The van der Waals surface area contributed by atoms with Gasteiger partial charge in [0.15, 0.2) is 5.69 Å². The molecule has 1 aliphatic rings. The molecule has 4 rings (SSSR count). The molecule has 1 fully saturated rings. The maximum atomic E-state index is 13.0. The Morgan fingerprint density at radius 1 is 1.07 bits per heavy atom. The number of nitrogen functional groups attached to an aromatic ring is 1. The molecule has 0 radical (unpaired) electrons. The van der Waals surface area contributed by atoms with Gasteiger partial charge in [0.2, 0.25) is 5.88 Å². The molecule has 3 aromatic rings. The van der Waals surface area contributed by atoms with Gasteiger partial charge in [0.25, 0.3) is 5.91 Å². The molecule has 0 unspecified atom stereocenters. The molecule has 154 valence electrons. The lowest BCUT2D eigenvalue weighted by Gasteiger charge is -2.30. The van der Waals surface area contributed by atoms with Crippen molar-refractivity contribution in [3.63, 3.8) is 0 Å². The van der Waals surface area contributed by atoms with Crippen LogP contribution in [0, 0.1) is 0 Å². The molecule has 8 nitrogen and oxygen atoms in total. The number of rotatable bonds is 5. The minimum atomic E-state index is -0.386. The van der Waals surface area contributed by atoms with Crippen LogP contribution in [0.25, 0.3) is 11.4 Å². The summed E-state index contributed by atoms with van der Waals surface area (Å²) in [5.74, 6) is 0.0853. The Hall–Kier alpha value is -3.68. The van der Waals surface area contributed by atoms with Gasteiger partial charge in [-0.1, -0.05) is 6.07 Å². The monoisotopic (exact) mass is 404 g/mol. The van der Waals surface area contributed by atoms with E-state index in [1.165, 1.54) is 6.42 Å². The molecule has 1 saturated heterocycles. The zero-order valence-corrected chi connectivity index (χ0v) is 16.8. The highest BCUT2D eigenvalue weighted by Crippen LogP contribution is 2.28. The number of hydrogen-bond donors (Lipinski definition) is 2. The maximum Gasteiger partial charge on any atom is 0.276 e. The molecule has 4 heterocycles. The first-order chi connectivity index (χ1) is 14.7. The van der Waals surface area contributed by atoms with Crippen LogP contribution in [0.5, 0.6) is 5.88 Å². The minimum absolute atomic E-state index is 0.144. The van der Waals surface area contributed by atoms with Gasteiger partial charge in [-0.15, -0.1) is 0 Å². The van der Waals surface area contributed by atoms with Gasteiger partial charge < -0.3 is 20.7 Å². The van der Waals surface area contributed by atoms with Crippen LogP contribution in [0.15, 0.2) is 48.8 Å². The first kappa shape index (κ1) is 19.6. The zero-order valence-electron chi connectivity index (χ0n) is 16.8. The van der Waals surface area contributed by atoms with Crippen LogP contribution >= 0.6 is 0 Å². The second-order valence-electron chi connectivity index (χ2n) is 7.09. The van der Waals surface area contributed by atoms with Crippen molar-refractivity contribution < 1.29 is 9.53 Å². The van der Waals surface area contributed by atoms with E-state index >= 15 is 0 Å². The lowest BCUT2D eigenvalue weighted by atomic mass is 10.1. The van der Waals surface area contributed by atoms with E-state index in [1.807, 2.05) is 12.1 Å². The maximum absolute atomic E-state index is 13.0. The number of carbonyl (C=O) groups is 1. The highest BCUT2D eigenvalue weighted by molar-refractivity contribution is 6.07. The number of nitrogens with two attached hydrogens (primary N) is 1. The number of nitrogens with zero attached hydrogens (tertiary/aromatic N) is 4. The summed E-state index contributed by atoms with van der Waals surface area (Å²) in [6.45, 7) is 1.93. The Kier molecular flexibility index (Phi) is 5.74. The smallest absolute Gasteiger partial charge is 0.276 e. The number of piperidine rings is 1. The second-order valence-corrected chi connectivity index (χ2v) is 7.09. The topological polar surface area (TPSA) is 106 Å². The average Bonchev–Trinajstić information content (AvgIpc) is 2.80. The Labute approximate surface area is 175 Å². The summed E-state index contributed by atoms with van der Waals surface area (Å²) in [4.78, 5) is 28.3. The predicted octanol–water partition coefficient (Wildman–Crippen LogP) is 3.37. The third-order valence-corrected chi connectivity index (χ3v) is 5.08. The van der Waals surface area contributed by atoms with Crippen molar-refractivity contribution in [3.05, 3.63) is 54.5 Å². The third-order valence-electron chi connectivity index (χ3n) is 5.08. The number of aromatic nitrogens is 3. The van der Waals surface area contributed by atoms with Crippen LogP contribution in [0.3, 0.4) is 0 Å². The molecular weight excluding hydrogens is 380 g/mol. The normalized spacial score (nSPS) is 13.7. The van der Waals surface area contributed by atoms with Crippen LogP contribution in [0.4, 0.5) is 17.1 Å². The summed E-state index contributed by atoms with van der Waals surface area (Å²) < 4.78 is 5.17. The van der Waals surface area contributed by atoms with Crippen LogP contribution in [0.1, 0.15) is 29.8 Å². The molecular formula is C22H24N6O2. The number of methoxy groups -OCH3 is 1. The molecule has 8 heteroatoms. The zero-order chi connectivity index (χ0) is 20.9. The molecule has 0 bridgehead atoms. The highest BCUT2D eigenvalue weighted by Gasteiger charge is 2.19. The van der Waals surface area contributed by atoms with E-state index in [0.717, 1.165) is 31.6 Å². The average molecular weight is 404 g/mol. The third kappa shape index (κ3) is 4.17. The number of amides is 1. The van der Waals surface area contributed by atoms with E-state index in [1.54, 1.807) is 43.8 Å². The Morgan fingerprint density at radius 2 is 1.87 bits per heavy atom. The molecule has 0 aliphatic carbocycles.